The van der Waals surface area contributed by atoms with Gasteiger partial charge in [-0.15, -0.1) is 0 Å². The van der Waals surface area contributed by atoms with Gasteiger partial charge in [0, 0.05) is 11.8 Å². The van der Waals surface area contributed by atoms with E-state index in [-0.39, 0.29) is 23.9 Å². The van der Waals surface area contributed by atoms with Crippen molar-refractivity contribution < 1.29 is 24.8 Å². The third-order valence-electron chi connectivity index (χ3n) is 4.94. The topological polar surface area (TPSA) is 82.5 Å². The number of phenolic OH excluding ortho intramolecular Hbond substituents is 1. The predicted octanol–water partition coefficient (Wildman–Crippen LogP) is 2.61. The SMILES string of the molecule is CC(C)(c1ccc(O)cc1)c1ccc(OCC(O)C(O)CC2CO2)cc1. The van der Waals surface area contributed by atoms with Crippen LogP contribution >= 0.6 is 0 Å². The molecule has 2 aromatic carbocycles. The molecule has 3 atom stereocenters. The summed E-state index contributed by atoms with van der Waals surface area (Å²) < 4.78 is 10.7. The molecule has 1 saturated heterocycles. The molecule has 0 aromatic heterocycles. The highest BCUT2D eigenvalue weighted by Crippen LogP contribution is 2.33. The van der Waals surface area contributed by atoms with Crippen LogP contribution in [0.2, 0.25) is 0 Å². The van der Waals surface area contributed by atoms with E-state index in [4.69, 9.17) is 9.47 Å². The zero-order valence-electron chi connectivity index (χ0n) is 15.1. The lowest BCUT2D eigenvalue weighted by molar-refractivity contribution is -0.0146. The van der Waals surface area contributed by atoms with Gasteiger partial charge in [-0.05, 0) is 35.4 Å². The van der Waals surface area contributed by atoms with Crippen LogP contribution in [0.3, 0.4) is 0 Å². The minimum atomic E-state index is -0.938. The highest BCUT2D eigenvalue weighted by molar-refractivity contribution is 5.41. The van der Waals surface area contributed by atoms with E-state index in [9.17, 15) is 15.3 Å². The fraction of sp³-hybridized carbons (Fsp3) is 0.429. The van der Waals surface area contributed by atoms with E-state index in [1.54, 1.807) is 12.1 Å². The molecule has 0 aliphatic carbocycles. The van der Waals surface area contributed by atoms with E-state index < -0.39 is 12.2 Å². The molecule has 1 heterocycles. The molecular weight excluding hydrogens is 332 g/mol. The zero-order valence-corrected chi connectivity index (χ0v) is 15.1. The van der Waals surface area contributed by atoms with Crippen molar-refractivity contribution in [2.24, 2.45) is 0 Å². The molecule has 3 rings (SSSR count). The number of ether oxygens (including phenoxy) is 2. The summed E-state index contributed by atoms with van der Waals surface area (Å²) in [6.45, 7) is 4.93. The number of benzene rings is 2. The van der Waals surface area contributed by atoms with Gasteiger partial charge in [-0.3, -0.25) is 0 Å². The van der Waals surface area contributed by atoms with E-state index in [1.165, 1.54) is 0 Å². The molecule has 0 radical (unpaired) electrons. The van der Waals surface area contributed by atoms with Gasteiger partial charge < -0.3 is 24.8 Å². The van der Waals surface area contributed by atoms with Crippen LogP contribution in [0.5, 0.6) is 11.5 Å². The van der Waals surface area contributed by atoms with E-state index >= 15 is 0 Å². The molecule has 0 saturated carbocycles. The number of epoxide rings is 1. The average molecular weight is 358 g/mol. The highest BCUT2D eigenvalue weighted by atomic mass is 16.6. The number of aromatic hydroxyl groups is 1. The first-order valence-electron chi connectivity index (χ1n) is 8.87. The van der Waals surface area contributed by atoms with Crippen molar-refractivity contribution >= 4 is 0 Å². The van der Waals surface area contributed by atoms with Crippen LogP contribution in [-0.2, 0) is 10.2 Å². The van der Waals surface area contributed by atoms with Gasteiger partial charge >= 0.3 is 0 Å². The summed E-state index contributed by atoms with van der Waals surface area (Å²) in [6, 6.07) is 14.9. The maximum Gasteiger partial charge on any atom is 0.119 e. The number of hydrogen-bond donors (Lipinski definition) is 3. The van der Waals surface area contributed by atoms with Gasteiger partial charge in [-0.25, -0.2) is 0 Å². The quantitative estimate of drug-likeness (QED) is 0.632. The monoisotopic (exact) mass is 358 g/mol. The number of rotatable bonds is 8. The van der Waals surface area contributed by atoms with Gasteiger partial charge in [0.2, 0.25) is 0 Å². The van der Waals surface area contributed by atoms with Crippen molar-refractivity contribution in [1.29, 1.82) is 0 Å². The Balaban J connectivity index is 1.59. The Morgan fingerprint density at radius 2 is 1.54 bits per heavy atom. The summed E-state index contributed by atoms with van der Waals surface area (Å²) >= 11 is 0. The van der Waals surface area contributed by atoms with E-state index in [0.29, 0.717) is 18.8 Å². The Hall–Kier alpha value is -2.08. The third-order valence-corrected chi connectivity index (χ3v) is 4.94. The van der Waals surface area contributed by atoms with Crippen LogP contribution in [0.1, 0.15) is 31.4 Å². The van der Waals surface area contributed by atoms with Gasteiger partial charge in [0.15, 0.2) is 0 Å². The summed E-state index contributed by atoms with van der Waals surface area (Å²) in [4.78, 5) is 0. The minimum Gasteiger partial charge on any atom is -0.508 e. The molecule has 1 fully saturated rings. The summed E-state index contributed by atoms with van der Waals surface area (Å²) in [5.41, 5.74) is 2.00. The Labute approximate surface area is 153 Å². The molecule has 0 amide bonds. The zero-order chi connectivity index (χ0) is 18.7. The molecule has 1 aliphatic heterocycles. The Morgan fingerprint density at radius 1 is 1.00 bits per heavy atom. The molecule has 3 unspecified atom stereocenters. The Bertz CT molecular complexity index is 704. The fourth-order valence-corrected chi connectivity index (χ4v) is 2.94. The molecule has 5 heteroatoms. The smallest absolute Gasteiger partial charge is 0.119 e. The molecule has 1 aliphatic rings. The summed E-state index contributed by atoms with van der Waals surface area (Å²) in [7, 11) is 0. The number of hydrogen-bond acceptors (Lipinski definition) is 5. The number of aliphatic hydroxyl groups is 2. The maximum absolute atomic E-state index is 9.96. The van der Waals surface area contributed by atoms with Crippen LogP contribution < -0.4 is 4.74 Å². The van der Waals surface area contributed by atoms with Crippen LogP contribution in [0.25, 0.3) is 0 Å². The van der Waals surface area contributed by atoms with Gasteiger partial charge in [-0.1, -0.05) is 38.1 Å². The van der Waals surface area contributed by atoms with Crippen molar-refractivity contribution in [3.63, 3.8) is 0 Å². The maximum atomic E-state index is 9.96. The average Bonchev–Trinajstić information content (AvgIpc) is 3.44. The molecule has 0 bridgehead atoms. The molecule has 0 spiro atoms. The van der Waals surface area contributed by atoms with Gasteiger partial charge in [0.25, 0.3) is 0 Å². The third kappa shape index (κ3) is 4.55. The van der Waals surface area contributed by atoms with Crippen LogP contribution in [0.15, 0.2) is 48.5 Å². The second-order valence-electron chi connectivity index (χ2n) is 7.33. The van der Waals surface area contributed by atoms with Gasteiger partial charge in [0.05, 0.1) is 18.8 Å². The van der Waals surface area contributed by atoms with Crippen LogP contribution in [0.4, 0.5) is 0 Å². The van der Waals surface area contributed by atoms with Crippen molar-refractivity contribution in [2.75, 3.05) is 13.2 Å². The van der Waals surface area contributed by atoms with E-state index in [2.05, 4.69) is 13.8 Å². The first-order valence-corrected chi connectivity index (χ1v) is 8.87. The second-order valence-corrected chi connectivity index (χ2v) is 7.33. The van der Waals surface area contributed by atoms with Crippen LogP contribution in [-0.4, -0.2) is 46.8 Å². The predicted molar refractivity (Wildman–Crippen MR) is 98.5 cm³/mol. The lowest BCUT2D eigenvalue weighted by Crippen LogP contribution is -2.32. The number of phenols is 1. The summed E-state index contributed by atoms with van der Waals surface area (Å²) in [5, 5.41) is 29.3. The molecule has 2 aromatic rings. The molecule has 26 heavy (non-hydrogen) atoms. The summed E-state index contributed by atoms with van der Waals surface area (Å²) in [6.07, 6.45) is -1.27. The fourth-order valence-electron chi connectivity index (χ4n) is 2.94. The molecule has 5 nitrogen and oxygen atoms in total. The van der Waals surface area contributed by atoms with Crippen LogP contribution in [0, 0.1) is 0 Å². The van der Waals surface area contributed by atoms with Crippen molar-refractivity contribution in [1.82, 2.24) is 0 Å². The molecular formula is C21H26O5. The normalized spacial score (nSPS) is 19.0. The largest absolute Gasteiger partial charge is 0.508 e. The second kappa shape index (κ2) is 7.66. The molecule has 3 N–H and O–H groups in total. The Kier molecular flexibility index (Phi) is 5.51. The number of aliphatic hydroxyl groups excluding tert-OH is 2. The van der Waals surface area contributed by atoms with Crippen molar-refractivity contribution in [3.8, 4) is 11.5 Å². The minimum absolute atomic E-state index is 0.0363. The van der Waals surface area contributed by atoms with Gasteiger partial charge in [-0.2, -0.15) is 0 Å². The lowest BCUT2D eigenvalue weighted by Gasteiger charge is -2.26. The Morgan fingerprint density at radius 3 is 2.08 bits per heavy atom. The van der Waals surface area contributed by atoms with E-state index in [0.717, 1.165) is 11.1 Å². The first kappa shape index (κ1) is 18.7. The van der Waals surface area contributed by atoms with Crippen molar-refractivity contribution in [2.45, 2.75) is 44.0 Å². The highest BCUT2D eigenvalue weighted by Gasteiger charge is 2.29. The summed E-state index contributed by atoms with van der Waals surface area (Å²) in [5.74, 6) is 0.895. The molecule has 140 valence electrons. The van der Waals surface area contributed by atoms with Gasteiger partial charge in [0.1, 0.15) is 24.2 Å². The standard InChI is InChI=1S/C21H26O5/c1-21(2,14-3-7-16(22)8-4-14)15-5-9-17(10-6-15)26-13-20(24)19(23)11-18-12-25-18/h3-10,18-20,22-24H,11-13H2,1-2H3. The first-order chi connectivity index (χ1) is 12.4. The van der Waals surface area contributed by atoms with Crippen molar-refractivity contribution in [3.05, 3.63) is 59.7 Å². The van der Waals surface area contributed by atoms with E-state index in [1.807, 2.05) is 36.4 Å². The lowest BCUT2D eigenvalue weighted by atomic mass is 9.78.